The van der Waals surface area contributed by atoms with Crippen LogP contribution in [0.4, 0.5) is 13.2 Å². The van der Waals surface area contributed by atoms with Gasteiger partial charge < -0.3 is 10.6 Å². The van der Waals surface area contributed by atoms with Crippen LogP contribution in [0.15, 0.2) is 0 Å². The van der Waals surface area contributed by atoms with Crippen LogP contribution in [0.2, 0.25) is 0 Å². The van der Waals surface area contributed by atoms with Gasteiger partial charge in [-0.05, 0) is 13.5 Å². The van der Waals surface area contributed by atoms with Gasteiger partial charge in [-0.2, -0.15) is 13.2 Å². The lowest BCUT2D eigenvalue weighted by Crippen LogP contribution is -2.38. The summed E-state index contributed by atoms with van der Waals surface area (Å²) in [4.78, 5) is 0. The molecule has 5 heteroatoms. The molecule has 0 aromatic carbocycles. The van der Waals surface area contributed by atoms with Crippen LogP contribution in [0.1, 0.15) is 19.8 Å². The Hall–Kier alpha value is -0.290. The molecule has 1 unspecified atom stereocenters. The zero-order chi connectivity index (χ0) is 10.3. The molecule has 0 fully saturated rings. The fraction of sp³-hybridized carbons (Fsp3) is 1.00. The van der Waals surface area contributed by atoms with E-state index in [-0.39, 0.29) is 12.6 Å². The SMILES string of the molecule is CCC(CNC)NCCC(F)(F)F. The minimum atomic E-state index is -4.05. The fourth-order valence-corrected chi connectivity index (χ4v) is 1.03. The van der Waals surface area contributed by atoms with E-state index in [0.717, 1.165) is 6.42 Å². The summed E-state index contributed by atoms with van der Waals surface area (Å²) < 4.78 is 35.2. The molecule has 13 heavy (non-hydrogen) atoms. The molecular weight excluding hydrogens is 181 g/mol. The van der Waals surface area contributed by atoms with Crippen molar-refractivity contribution in [3.63, 3.8) is 0 Å². The summed E-state index contributed by atoms with van der Waals surface area (Å²) in [7, 11) is 1.79. The van der Waals surface area contributed by atoms with E-state index in [1.807, 2.05) is 6.92 Å². The summed E-state index contributed by atoms with van der Waals surface area (Å²) in [6, 6.07) is 0.132. The predicted molar refractivity (Wildman–Crippen MR) is 46.7 cm³/mol. The molecule has 0 aromatic heterocycles. The van der Waals surface area contributed by atoms with E-state index in [4.69, 9.17) is 0 Å². The van der Waals surface area contributed by atoms with E-state index >= 15 is 0 Å². The lowest BCUT2D eigenvalue weighted by molar-refractivity contribution is -0.133. The first-order valence-corrected chi connectivity index (χ1v) is 4.44. The van der Waals surface area contributed by atoms with Gasteiger partial charge in [0.25, 0.3) is 0 Å². The number of likely N-dealkylation sites (N-methyl/N-ethyl adjacent to an activating group) is 1. The first-order valence-electron chi connectivity index (χ1n) is 4.44. The highest BCUT2D eigenvalue weighted by molar-refractivity contribution is 4.67. The Morgan fingerprint density at radius 1 is 1.31 bits per heavy atom. The monoisotopic (exact) mass is 198 g/mol. The first kappa shape index (κ1) is 12.7. The molecule has 80 valence electrons. The second kappa shape index (κ2) is 6.21. The number of hydrogen-bond acceptors (Lipinski definition) is 2. The fourth-order valence-electron chi connectivity index (χ4n) is 1.03. The Kier molecular flexibility index (Phi) is 6.07. The second-order valence-corrected chi connectivity index (χ2v) is 2.98. The maximum atomic E-state index is 11.7. The van der Waals surface area contributed by atoms with Crippen molar-refractivity contribution in [2.75, 3.05) is 20.1 Å². The largest absolute Gasteiger partial charge is 0.390 e. The van der Waals surface area contributed by atoms with Crippen molar-refractivity contribution in [2.45, 2.75) is 32.0 Å². The molecule has 0 amide bonds. The third-order valence-corrected chi connectivity index (χ3v) is 1.78. The van der Waals surface area contributed by atoms with E-state index < -0.39 is 12.6 Å². The number of hydrogen-bond donors (Lipinski definition) is 2. The third-order valence-electron chi connectivity index (χ3n) is 1.78. The van der Waals surface area contributed by atoms with Gasteiger partial charge in [-0.25, -0.2) is 0 Å². The Morgan fingerprint density at radius 3 is 2.31 bits per heavy atom. The molecule has 0 aliphatic heterocycles. The average Bonchev–Trinajstić information content (AvgIpc) is 2.01. The van der Waals surface area contributed by atoms with Crippen molar-refractivity contribution in [1.82, 2.24) is 10.6 Å². The van der Waals surface area contributed by atoms with Gasteiger partial charge in [0.1, 0.15) is 0 Å². The van der Waals surface area contributed by atoms with Gasteiger partial charge in [0.15, 0.2) is 0 Å². The van der Waals surface area contributed by atoms with Gasteiger partial charge in [-0.15, -0.1) is 0 Å². The highest BCUT2D eigenvalue weighted by Gasteiger charge is 2.26. The minimum Gasteiger partial charge on any atom is -0.318 e. The molecule has 0 spiro atoms. The number of alkyl halides is 3. The maximum absolute atomic E-state index is 11.7. The Labute approximate surface area is 76.9 Å². The Morgan fingerprint density at radius 2 is 1.92 bits per heavy atom. The van der Waals surface area contributed by atoms with Gasteiger partial charge in [0.05, 0.1) is 6.42 Å². The van der Waals surface area contributed by atoms with Crippen molar-refractivity contribution in [3.05, 3.63) is 0 Å². The first-order chi connectivity index (χ1) is 5.99. The number of nitrogens with one attached hydrogen (secondary N) is 2. The molecule has 0 aromatic rings. The van der Waals surface area contributed by atoms with Crippen molar-refractivity contribution >= 4 is 0 Å². The molecule has 1 atom stereocenters. The van der Waals surface area contributed by atoms with Crippen molar-refractivity contribution in [1.29, 1.82) is 0 Å². The molecule has 0 bridgehead atoms. The normalized spacial score (nSPS) is 14.5. The van der Waals surface area contributed by atoms with Crippen LogP contribution >= 0.6 is 0 Å². The summed E-state index contributed by atoms with van der Waals surface area (Å²) in [6.07, 6.45) is -3.98. The summed E-state index contributed by atoms with van der Waals surface area (Å²) in [5, 5.41) is 5.77. The van der Waals surface area contributed by atoms with Crippen LogP contribution in [0.25, 0.3) is 0 Å². The van der Waals surface area contributed by atoms with E-state index in [1.54, 1.807) is 7.05 Å². The van der Waals surface area contributed by atoms with Crippen LogP contribution in [0.3, 0.4) is 0 Å². The third kappa shape index (κ3) is 8.05. The molecule has 0 radical (unpaired) electrons. The van der Waals surface area contributed by atoms with Crippen LogP contribution in [0, 0.1) is 0 Å². The highest BCUT2D eigenvalue weighted by atomic mass is 19.4. The van der Waals surface area contributed by atoms with Crippen LogP contribution < -0.4 is 10.6 Å². The molecule has 0 aliphatic rings. The topological polar surface area (TPSA) is 24.1 Å². The lowest BCUT2D eigenvalue weighted by Gasteiger charge is -2.16. The van der Waals surface area contributed by atoms with E-state index in [0.29, 0.717) is 6.54 Å². The summed E-state index contributed by atoms with van der Waals surface area (Å²) in [5.41, 5.74) is 0. The minimum absolute atomic E-state index is 0.00366. The molecule has 2 nitrogen and oxygen atoms in total. The lowest BCUT2D eigenvalue weighted by atomic mass is 10.2. The van der Waals surface area contributed by atoms with E-state index in [2.05, 4.69) is 10.6 Å². The van der Waals surface area contributed by atoms with Gasteiger partial charge in [0.2, 0.25) is 0 Å². The van der Waals surface area contributed by atoms with Crippen LogP contribution in [-0.4, -0.2) is 32.4 Å². The number of halogens is 3. The standard InChI is InChI=1S/C8H17F3N2/c1-3-7(6-12-2)13-5-4-8(9,10)11/h7,12-13H,3-6H2,1-2H3. The van der Waals surface area contributed by atoms with Crippen molar-refractivity contribution in [3.8, 4) is 0 Å². The van der Waals surface area contributed by atoms with E-state index in [1.165, 1.54) is 0 Å². The van der Waals surface area contributed by atoms with Gasteiger partial charge in [-0.3, -0.25) is 0 Å². The summed E-state index contributed by atoms with van der Waals surface area (Å²) >= 11 is 0. The molecular formula is C8H17F3N2. The molecule has 0 saturated heterocycles. The van der Waals surface area contributed by atoms with Gasteiger partial charge in [-0.1, -0.05) is 6.92 Å². The maximum Gasteiger partial charge on any atom is 0.390 e. The molecule has 0 saturated carbocycles. The summed E-state index contributed by atoms with van der Waals surface area (Å²) in [6.45, 7) is 2.65. The Balaban J connectivity index is 3.49. The molecule has 0 heterocycles. The molecule has 0 rings (SSSR count). The van der Waals surface area contributed by atoms with Crippen LogP contribution in [0.5, 0.6) is 0 Å². The van der Waals surface area contributed by atoms with Crippen LogP contribution in [-0.2, 0) is 0 Å². The summed E-state index contributed by atoms with van der Waals surface area (Å²) in [5.74, 6) is 0. The van der Waals surface area contributed by atoms with Crippen molar-refractivity contribution in [2.24, 2.45) is 0 Å². The average molecular weight is 198 g/mol. The zero-order valence-electron chi connectivity index (χ0n) is 8.04. The van der Waals surface area contributed by atoms with Gasteiger partial charge in [0, 0.05) is 19.1 Å². The molecule has 2 N–H and O–H groups in total. The highest BCUT2D eigenvalue weighted by Crippen LogP contribution is 2.18. The molecule has 0 aliphatic carbocycles. The zero-order valence-corrected chi connectivity index (χ0v) is 8.04. The quantitative estimate of drug-likeness (QED) is 0.676. The second-order valence-electron chi connectivity index (χ2n) is 2.98. The van der Waals surface area contributed by atoms with E-state index in [9.17, 15) is 13.2 Å². The number of rotatable bonds is 6. The smallest absolute Gasteiger partial charge is 0.318 e. The Bertz CT molecular complexity index is 125. The van der Waals surface area contributed by atoms with Crippen molar-refractivity contribution < 1.29 is 13.2 Å². The predicted octanol–water partition coefficient (Wildman–Crippen LogP) is 1.53. The van der Waals surface area contributed by atoms with Gasteiger partial charge >= 0.3 is 6.18 Å².